The van der Waals surface area contributed by atoms with Crippen LogP contribution in [0.1, 0.15) is 11.4 Å². The van der Waals surface area contributed by atoms with E-state index in [9.17, 15) is 4.39 Å². The van der Waals surface area contributed by atoms with E-state index in [0.717, 1.165) is 11.3 Å². The molecule has 2 aromatic heterocycles. The molecule has 0 aliphatic rings. The Morgan fingerprint density at radius 2 is 2.26 bits per heavy atom. The summed E-state index contributed by atoms with van der Waals surface area (Å²) in [5.41, 5.74) is 2.71. The molecule has 98 valence electrons. The van der Waals surface area contributed by atoms with E-state index in [1.54, 1.807) is 17.4 Å². The number of hydrogen-bond donors (Lipinski definition) is 0. The molecule has 2 nitrogen and oxygen atoms in total. The molecule has 0 amide bonds. The summed E-state index contributed by atoms with van der Waals surface area (Å²) in [4.78, 5) is 4.39. The van der Waals surface area contributed by atoms with Crippen LogP contribution in [0.3, 0.4) is 0 Å². The van der Waals surface area contributed by atoms with E-state index in [4.69, 9.17) is 11.6 Å². The van der Waals surface area contributed by atoms with Gasteiger partial charge in [-0.15, -0.1) is 11.6 Å². The minimum Gasteiger partial charge on any atom is -0.322 e. The summed E-state index contributed by atoms with van der Waals surface area (Å²) < 4.78 is 16.0. The normalized spacial score (nSPS) is 11.3. The zero-order valence-corrected chi connectivity index (χ0v) is 12.9. The second-order valence-electron chi connectivity index (χ2n) is 4.13. The summed E-state index contributed by atoms with van der Waals surface area (Å²) in [6.07, 6.45) is 0. The molecule has 6 heteroatoms. The van der Waals surface area contributed by atoms with E-state index in [-0.39, 0.29) is 5.82 Å². The maximum absolute atomic E-state index is 13.5. The molecule has 3 rings (SSSR count). The number of halogens is 3. The Labute approximate surface area is 127 Å². The minimum absolute atomic E-state index is 0.304. The van der Waals surface area contributed by atoms with Crippen molar-refractivity contribution < 1.29 is 4.39 Å². The van der Waals surface area contributed by atoms with Gasteiger partial charge in [0.2, 0.25) is 0 Å². The second kappa shape index (κ2) is 5.23. The monoisotopic (exact) mass is 358 g/mol. The third-order valence-corrected chi connectivity index (χ3v) is 4.49. The van der Waals surface area contributed by atoms with Crippen molar-refractivity contribution >= 4 is 49.9 Å². The van der Waals surface area contributed by atoms with Crippen LogP contribution in [-0.4, -0.2) is 9.55 Å². The van der Waals surface area contributed by atoms with E-state index in [1.807, 2.05) is 9.95 Å². The summed E-state index contributed by atoms with van der Waals surface area (Å²) in [7, 11) is 0. The predicted octanol–water partition coefficient (Wildman–Crippen LogP) is 4.79. The van der Waals surface area contributed by atoms with Crippen LogP contribution in [-0.2, 0) is 12.4 Å². The first-order valence-corrected chi connectivity index (χ1v) is 7.87. The molecule has 2 heterocycles. The van der Waals surface area contributed by atoms with Gasteiger partial charge in [0, 0.05) is 6.07 Å². The number of aromatic nitrogens is 2. The molecule has 0 saturated heterocycles. The lowest BCUT2D eigenvalue weighted by Gasteiger charge is -2.06. The van der Waals surface area contributed by atoms with Crippen LogP contribution in [0.2, 0.25) is 0 Å². The van der Waals surface area contributed by atoms with Crippen LogP contribution in [0, 0.1) is 5.82 Å². The highest BCUT2D eigenvalue weighted by Gasteiger charge is 2.13. The number of alkyl halides is 1. The molecule has 0 fully saturated rings. The third kappa shape index (κ3) is 2.42. The summed E-state index contributed by atoms with van der Waals surface area (Å²) in [5, 5.41) is 4.12. The van der Waals surface area contributed by atoms with Crippen molar-refractivity contribution in [2.75, 3.05) is 0 Å². The highest BCUT2D eigenvalue weighted by atomic mass is 79.9. The summed E-state index contributed by atoms with van der Waals surface area (Å²) in [6.45, 7) is 0.695. The molecule has 0 atom stereocenters. The Morgan fingerprint density at radius 3 is 2.95 bits per heavy atom. The number of imidazole rings is 1. The van der Waals surface area contributed by atoms with Gasteiger partial charge in [-0.1, -0.05) is 0 Å². The Balaban J connectivity index is 2.17. The third-order valence-electron chi connectivity index (χ3n) is 2.91. The zero-order chi connectivity index (χ0) is 13.4. The van der Waals surface area contributed by atoms with Gasteiger partial charge in [-0.3, -0.25) is 0 Å². The zero-order valence-electron chi connectivity index (χ0n) is 9.74. The molecule has 0 aliphatic carbocycles. The SMILES string of the molecule is Fc1cc2nc(CCl)n(Cc3ccsc3)c2cc1Br. The fourth-order valence-electron chi connectivity index (χ4n) is 2.01. The van der Waals surface area contributed by atoms with Crippen LogP contribution < -0.4 is 0 Å². The lowest BCUT2D eigenvalue weighted by Crippen LogP contribution is -2.03. The van der Waals surface area contributed by atoms with Crippen LogP contribution in [0.15, 0.2) is 33.4 Å². The largest absolute Gasteiger partial charge is 0.322 e. The fraction of sp³-hybridized carbons (Fsp3) is 0.154. The highest BCUT2D eigenvalue weighted by Crippen LogP contribution is 2.26. The van der Waals surface area contributed by atoms with Crippen LogP contribution in [0.4, 0.5) is 4.39 Å². The van der Waals surface area contributed by atoms with Gasteiger partial charge in [-0.2, -0.15) is 11.3 Å². The molecular formula is C13H9BrClFN2S. The van der Waals surface area contributed by atoms with Crippen molar-refractivity contribution in [3.63, 3.8) is 0 Å². The van der Waals surface area contributed by atoms with Crippen molar-refractivity contribution in [1.82, 2.24) is 9.55 Å². The first-order chi connectivity index (χ1) is 9.19. The maximum atomic E-state index is 13.5. The first-order valence-electron chi connectivity index (χ1n) is 5.60. The van der Waals surface area contributed by atoms with Gasteiger partial charge in [-0.25, -0.2) is 9.37 Å². The topological polar surface area (TPSA) is 17.8 Å². The van der Waals surface area contributed by atoms with Gasteiger partial charge >= 0.3 is 0 Å². The fourth-order valence-corrected chi connectivity index (χ4v) is 3.21. The number of fused-ring (bicyclic) bond motifs is 1. The molecule has 0 N–H and O–H groups in total. The Morgan fingerprint density at radius 1 is 1.42 bits per heavy atom. The van der Waals surface area contributed by atoms with Crippen LogP contribution >= 0.6 is 38.9 Å². The summed E-state index contributed by atoms with van der Waals surface area (Å²) in [5.74, 6) is 0.743. The standard InChI is InChI=1S/C13H9BrClFN2S/c14-9-3-12-11(4-10(9)16)17-13(5-15)18(12)6-8-1-2-19-7-8/h1-4,7H,5-6H2. The molecule has 19 heavy (non-hydrogen) atoms. The van der Waals surface area contributed by atoms with E-state index >= 15 is 0 Å². The van der Waals surface area contributed by atoms with Gasteiger partial charge in [0.05, 0.1) is 27.9 Å². The van der Waals surface area contributed by atoms with Crippen molar-refractivity contribution in [2.45, 2.75) is 12.4 Å². The second-order valence-corrected chi connectivity index (χ2v) is 6.04. The van der Waals surface area contributed by atoms with Crippen LogP contribution in [0.5, 0.6) is 0 Å². The van der Waals surface area contributed by atoms with Crippen molar-refractivity contribution in [3.8, 4) is 0 Å². The first kappa shape index (κ1) is 13.1. The van der Waals surface area contributed by atoms with Gasteiger partial charge in [0.25, 0.3) is 0 Å². The van der Waals surface area contributed by atoms with E-state index in [1.165, 1.54) is 11.6 Å². The Kier molecular flexibility index (Phi) is 3.60. The lowest BCUT2D eigenvalue weighted by atomic mass is 10.3. The van der Waals surface area contributed by atoms with Gasteiger partial charge < -0.3 is 4.57 Å². The molecule has 0 unspecified atom stereocenters. The summed E-state index contributed by atoms with van der Waals surface area (Å²) in [6, 6.07) is 5.24. The van der Waals surface area contributed by atoms with Crippen molar-refractivity contribution in [3.05, 3.63) is 50.6 Å². The van der Waals surface area contributed by atoms with Crippen molar-refractivity contribution in [2.24, 2.45) is 0 Å². The molecule has 0 saturated carbocycles. The lowest BCUT2D eigenvalue weighted by molar-refractivity contribution is 0.622. The molecular weight excluding hydrogens is 351 g/mol. The molecule has 1 aromatic carbocycles. The van der Waals surface area contributed by atoms with Crippen molar-refractivity contribution in [1.29, 1.82) is 0 Å². The minimum atomic E-state index is -0.311. The molecule has 0 aliphatic heterocycles. The molecule has 0 bridgehead atoms. The smallest absolute Gasteiger partial charge is 0.139 e. The quantitative estimate of drug-likeness (QED) is 0.615. The summed E-state index contributed by atoms with van der Waals surface area (Å²) >= 11 is 10.8. The average molecular weight is 360 g/mol. The number of hydrogen-bond acceptors (Lipinski definition) is 2. The van der Waals surface area contributed by atoms with Gasteiger partial charge in [0.1, 0.15) is 11.6 Å². The Hall–Kier alpha value is -0.910. The van der Waals surface area contributed by atoms with Gasteiger partial charge in [0.15, 0.2) is 0 Å². The molecule has 3 aromatic rings. The predicted molar refractivity (Wildman–Crippen MR) is 80.4 cm³/mol. The molecule has 0 spiro atoms. The van der Waals surface area contributed by atoms with E-state index in [0.29, 0.717) is 22.4 Å². The average Bonchev–Trinajstić information content (AvgIpc) is 3.00. The van der Waals surface area contributed by atoms with Crippen LogP contribution in [0.25, 0.3) is 11.0 Å². The van der Waals surface area contributed by atoms with E-state index in [2.05, 4.69) is 32.4 Å². The number of thiophene rings is 1. The van der Waals surface area contributed by atoms with E-state index < -0.39 is 0 Å². The maximum Gasteiger partial charge on any atom is 0.139 e. The number of rotatable bonds is 3. The highest BCUT2D eigenvalue weighted by molar-refractivity contribution is 9.10. The number of benzene rings is 1. The van der Waals surface area contributed by atoms with Gasteiger partial charge in [-0.05, 0) is 44.4 Å². The number of nitrogens with zero attached hydrogens (tertiary/aromatic N) is 2. The Bertz CT molecular complexity index is 724. The molecule has 0 radical (unpaired) electrons.